The number of nitrogens with one attached hydrogen (secondary N) is 1. The zero-order valence-electron chi connectivity index (χ0n) is 12.5. The highest BCUT2D eigenvalue weighted by atomic mass is 16.5. The van der Waals surface area contributed by atoms with E-state index in [1.54, 1.807) is 36.4 Å². The summed E-state index contributed by atoms with van der Waals surface area (Å²) in [6, 6.07) is 10.6. The van der Waals surface area contributed by atoms with Gasteiger partial charge in [0, 0.05) is 17.8 Å². The molecule has 23 heavy (non-hydrogen) atoms. The number of carbonyl (C=O) groups excluding carboxylic acids is 2. The average molecular weight is 311 g/mol. The van der Waals surface area contributed by atoms with Crippen molar-refractivity contribution in [2.24, 2.45) is 5.73 Å². The SMILES string of the molecule is NC(=O)c1ccc(COC(=O)c2ccc(NC3CC3)nc2)cc1. The second-order valence-electron chi connectivity index (χ2n) is 5.49. The minimum atomic E-state index is -0.487. The van der Waals surface area contributed by atoms with Crippen molar-refractivity contribution in [3.05, 3.63) is 59.3 Å². The van der Waals surface area contributed by atoms with Gasteiger partial charge in [0.25, 0.3) is 0 Å². The first kappa shape index (κ1) is 15.0. The molecule has 1 saturated carbocycles. The Bertz CT molecular complexity index is 707. The van der Waals surface area contributed by atoms with Crippen molar-refractivity contribution in [1.82, 2.24) is 4.98 Å². The van der Waals surface area contributed by atoms with Crippen molar-refractivity contribution in [3.8, 4) is 0 Å². The molecule has 1 heterocycles. The lowest BCUT2D eigenvalue weighted by Gasteiger charge is -2.07. The van der Waals surface area contributed by atoms with Crippen LogP contribution in [0.25, 0.3) is 0 Å². The Morgan fingerprint density at radius 1 is 1.13 bits per heavy atom. The molecule has 1 fully saturated rings. The van der Waals surface area contributed by atoms with Crippen LogP contribution in [0.1, 0.15) is 39.1 Å². The van der Waals surface area contributed by atoms with Crippen molar-refractivity contribution < 1.29 is 14.3 Å². The summed E-state index contributed by atoms with van der Waals surface area (Å²) in [4.78, 5) is 27.2. The number of rotatable bonds is 6. The van der Waals surface area contributed by atoms with Gasteiger partial charge in [-0.2, -0.15) is 0 Å². The number of nitrogens with zero attached hydrogens (tertiary/aromatic N) is 1. The number of aromatic nitrogens is 1. The average Bonchev–Trinajstić information content (AvgIpc) is 3.37. The summed E-state index contributed by atoms with van der Waals surface area (Å²) in [6.45, 7) is 0.125. The summed E-state index contributed by atoms with van der Waals surface area (Å²) in [6.07, 6.45) is 3.84. The molecule has 1 amide bonds. The zero-order valence-corrected chi connectivity index (χ0v) is 12.5. The maximum atomic E-state index is 12.0. The molecule has 3 rings (SSSR count). The first-order valence-electron chi connectivity index (χ1n) is 7.40. The predicted molar refractivity (Wildman–Crippen MR) is 85.0 cm³/mol. The third-order valence-electron chi connectivity index (χ3n) is 3.54. The number of pyridine rings is 1. The molecule has 6 nitrogen and oxygen atoms in total. The standard InChI is InChI=1S/C17H17N3O3/c18-16(21)12-3-1-11(2-4-12)10-23-17(22)13-5-8-15(19-9-13)20-14-6-7-14/h1-5,8-9,14H,6-7,10H2,(H2,18,21)(H,19,20). The van der Waals surface area contributed by atoms with Gasteiger partial charge in [-0.1, -0.05) is 12.1 Å². The molecule has 0 aliphatic heterocycles. The van der Waals surface area contributed by atoms with E-state index in [1.165, 1.54) is 19.0 Å². The number of hydrogen-bond acceptors (Lipinski definition) is 5. The summed E-state index contributed by atoms with van der Waals surface area (Å²) in [5.41, 5.74) is 6.77. The lowest BCUT2D eigenvalue weighted by atomic mass is 10.1. The molecule has 118 valence electrons. The Balaban J connectivity index is 1.54. The van der Waals surface area contributed by atoms with Crippen LogP contribution in [0.5, 0.6) is 0 Å². The van der Waals surface area contributed by atoms with E-state index in [-0.39, 0.29) is 6.61 Å². The van der Waals surface area contributed by atoms with E-state index in [4.69, 9.17) is 10.5 Å². The molecule has 3 N–H and O–H groups in total. The number of hydrogen-bond donors (Lipinski definition) is 2. The van der Waals surface area contributed by atoms with Crippen LogP contribution in [0.4, 0.5) is 5.82 Å². The second-order valence-corrected chi connectivity index (χ2v) is 5.49. The molecule has 0 unspecified atom stereocenters. The molecule has 1 aromatic carbocycles. The van der Waals surface area contributed by atoms with Gasteiger partial charge in [-0.3, -0.25) is 4.79 Å². The Morgan fingerprint density at radius 2 is 1.83 bits per heavy atom. The van der Waals surface area contributed by atoms with Gasteiger partial charge in [-0.25, -0.2) is 9.78 Å². The molecule has 0 bridgehead atoms. The molecule has 0 saturated heterocycles. The fraction of sp³-hybridized carbons (Fsp3) is 0.235. The molecular weight excluding hydrogens is 294 g/mol. The summed E-state index contributed by atoms with van der Waals surface area (Å²) in [5.74, 6) is -0.153. The number of anilines is 1. The van der Waals surface area contributed by atoms with Crippen LogP contribution in [0.2, 0.25) is 0 Å². The summed E-state index contributed by atoms with van der Waals surface area (Å²) < 4.78 is 5.23. The highest BCUT2D eigenvalue weighted by molar-refractivity contribution is 5.92. The van der Waals surface area contributed by atoms with Crippen molar-refractivity contribution in [2.75, 3.05) is 5.32 Å². The number of benzene rings is 1. The fourth-order valence-electron chi connectivity index (χ4n) is 2.03. The van der Waals surface area contributed by atoms with Crippen molar-refractivity contribution >= 4 is 17.7 Å². The summed E-state index contributed by atoms with van der Waals surface area (Å²) in [5, 5.41) is 3.25. The maximum Gasteiger partial charge on any atom is 0.340 e. The van der Waals surface area contributed by atoms with Crippen LogP contribution >= 0.6 is 0 Å². The number of esters is 1. The monoisotopic (exact) mass is 311 g/mol. The van der Waals surface area contributed by atoms with E-state index in [2.05, 4.69) is 10.3 Å². The van der Waals surface area contributed by atoms with Crippen molar-refractivity contribution in [2.45, 2.75) is 25.5 Å². The quantitative estimate of drug-likeness (QED) is 0.797. The van der Waals surface area contributed by atoms with Crippen molar-refractivity contribution in [3.63, 3.8) is 0 Å². The van der Waals surface area contributed by atoms with Crippen LogP contribution in [0.15, 0.2) is 42.6 Å². The van der Waals surface area contributed by atoms with E-state index >= 15 is 0 Å². The number of carbonyl (C=O) groups is 2. The maximum absolute atomic E-state index is 12.0. The minimum Gasteiger partial charge on any atom is -0.457 e. The van der Waals surface area contributed by atoms with Gasteiger partial charge in [-0.05, 0) is 42.7 Å². The largest absolute Gasteiger partial charge is 0.457 e. The van der Waals surface area contributed by atoms with Gasteiger partial charge in [0.15, 0.2) is 0 Å². The lowest BCUT2D eigenvalue weighted by molar-refractivity contribution is 0.0472. The molecule has 1 aliphatic carbocycles. The molecule has 1 aromatic heterocycles. The highest BCUT2D eigenvalue weighted by Gasteiger charge is 2.21. The van der Waals surface area contributed by atoms with Gasteiger partial charge in [0.05, 0.1) is 5.56 Å². The Morgan fingerprint density at radius 3 is 2.39 bits per heavy atom. The molecular formula is C17H17N3O3. The molecule has 0 spiro atoms. The van der Waals surface area contributed by atoms with Crippen LogP contribution in [0, 0.1) is 0 Å². The summed E-state index contributed by atoms with van der Waals surface area (Å²) >= 11 is 0. The summed E-state index contributed by atoms with van der Waals surface area (Å²) in [7, 11) is 0. The Hall–Kier alpha value is -2.89. The fourth-order valence-corrected chi connectivity index (χ4v) is 2.03. The predicted octanol–water partition coefficient (Wildman–Crippen LogP) is 2.11. The second kappa shape index (κ2) is 6.48. The van der Waals surface area contributed by atoms with Gasteiger partial charge in [0.1, 0.15) is 12.4 Å². The number of amides is 1. The van der Waals surface area contributed by atoms with Crippen LogP contribution in [0.3, 0.4) is 0 Å². The first-order valence-corrected chi connectivity index (χ1v) is 7.40. The Labute approximate surface area is 133 Å². The van der Waals surface area contributed by atoms with E-state index in [0.29, 0.717) is 17.2 Å². The van der Waals surface area contributed by atoms with Gasteiger partial charge in [-0.15, -0.1) is 0 Å². The third-order valence-corrected chi connectivity index (χ3v) is 3.54. The lowest BCUT2D eigenvalue weighted by Crippen LogP contribution is -2.11. The van der Waals surface area contributed by atoms with Gasteiger partial charge in [0.2, 0.25) is 5.91 Å². The minimum absolute atomic E-state index is 0.125. The zero-order chi connectivity index (χ0) is 16.2. The number of ether oxygens (including phenoxy) is 1. The van der Waals surface area contributed by atoms with Crippen LogP contribution in [-0.4, -0.2) is 22.9 Å². The number of nitrogens with two attached hydrogens (primary N) is 1. The molecule has 0 atom stereocenters. The first-order chi connectivity index (χ1) is 11.1. The van der Waals surface area contributed by atoms with Crippen LogP contribution < -0.4 is 11.1 Å². The third kappa shape index (κ3) is 4.06. The van der Waals surface area contributed by atoms with E-state index in [9.17, 15) is 9.59 Å². The normalized spacial score (nSPS) is 13.4. The number of primary amides is 1. The van der Waals surface area contributed by atoms with Gasteiger partial charge >= 0.3 is 5.97 Å². The van der Waals surface area contributed by atoms with E-state index in [1.807, 2.05) is 0 Å². The molecule has 6 heteroatoms. The smallest absolute Gasteiger partial charge is 0.340 e. The molecule has 1 aliphatic rings. The van der Waals surface area contributed by atoms with E-state index < -0.39 is 11.9 Å². The van der Waals surface area contributed by atoms with Crippen LogP contribution in [-0.2, 0) is 11.3 Å². The molecule has 0 radical (unpaired) electrons. The molecule has 2 aromatic rings. The highest BCUT2D eigenvalue weighted by Crippen LogP contribution is 2.23. The van der Waals surface area contributed by atoms with E-state index in [0.717, 1.165) is 11.4 Å². The topological polar surface area (TPSA) is 94.3 Å². The van der Waals surface area contributed by atoms with Crippen molar-refractivity contribution in [1.29, 1.82) is 0 Å². The Kier molecular flexibility index (Phi) is 4.23. The van der Waals surface area contributed by atoms with Gasteiger partial charge < -0.3 is 15.8 Å².